The molecule has 1 aliphatic carbocycles. The van der Waals surface area contributed by atoms with Crippen molar-refractivity contribution in [2.45, 2.75) is 13.3 Å². The molecule has 1 aromatic rings. The Morgan fingerprint density at radius 1 is 1.46 bits per heavy atom. The van der Waals surface area contributed by atoms with Crippen molar-refractivity contribution in [2.75, 3.05) is 0 Å². The van der Waals surface area contributed by atoms with E-state index in [4.69, 9.17) is 0 Å². The fraction of sp³-hybridized carbons (Fsp3) is 0.167. The third kappa shape index (κ3) is 1.17. The predicted molar refractivity (Wildman–Crippen MR) is 54.9 cm³/mol. The van der Waals surface area contributed by atoms with Crippen LogP contribution in [0.3, 0.4) is 0 Å². The molecule has 0 fully saturated rings. The van der Waals surface area contributed by atoms with E-state index in [-0.39, 0.29) is 0 Å². The maximum absolute atomic E-state index is 9.66. The van der Waals surface area contributed by atoms with Crippen molar-refractivity contribution in [3.05, 3.63) is 39.8 Å². The Kier molecular flexibility index (Phi) is 1.73. The summed E-state index contributed by atoms with van der Waals surface area (Å²) in [5.41, 5.74) is 2.19. The van der Waals surface area contributed by atoms with Gasteiger partial charge in [0.2, 0.25) is 0 Å². The van der Waals surface area contributed by atoms with Crippen molar-refractivity contribution in [3.8, 4) is 5.75 Å². The van der Waals surface area contributed by atoms with E-state index in [0.29, 0.717) is 5.75 Å². The summed E-state index contributed by atoms with van der Waals surface area (Å²) in [4.78, 5) is 0. The molecular formula is C12H12O. The molecule has 1 N–H and O–H groups in total. The zero-order chi connectivity index (χ0) is 9.42. The van der Waals surface area contributed by atoms with Gasteiger partial charge in [0.15, 0.2) is 0 Å². The van der Waals surface area contributed by atoms with E-state index in [2.05, 4.69) is 12.7 Å². The van der Waals surface area contributed by atoms with Crippen molar-refractivity contribution in [1.82, 2.24) is 0 Å². The van der Waals surface area contributed by atoms with Gasteiger partial charge in [0.1, 0.15) is 5.75 Å². The zero-order valence-corrected chi connectivity index (χ0v) is 7.67. The molecule has 0 radical (unpaired) electrons. The van der Waals surface area contributed by atoms with Crippen LogP contribution >= 0.6 is 0 Å². The summed E-state index contributed by atoms with van der Waals surface area (Å²) in [5, 5.41) is 11.5. The first-order chi connectivity index (χ1) is 6.20. The van der Waals surface area contributed by atoms with E-state index in [1.807, 2.05) is 25.1 Å². The number of allylic oxidation sites excluding steroid dienone is 2. The summed E-state index contributed by atoms with van der Waals surface area (Å²) < 4.78 is 0. The molecule has 0 unspecified atom stereocenters. The molecule has 0 spiro atoms. The lowest BCUT2D eigenvalue weighted by molar-refractivity contribution is 0.466. The Morgan fingerprint density at radius 3 is 3.00 bits per heavy atom. The molecule has 0 saturated heterocycles. The van der Waals surface area contributed by atoms with E-state index >= 15 is 0 Å². The molecule has 0 heterocycles. The van der Waals surface area contributed by atoms with E-state index in [9.17, 15) is 5.11 Å². The third-order valence-corrected chi connectivity index (χ3v) is 2.49. The predicted octanol–water partition coefficient (Wildman–Crippen LogP) is 1.00. The molecule has 66 valence electrons. The first-order valence-corrected chi connectivity index (χ1v) is 4.37. The molecule has 1 aliphatic rings. The minimum Gasteiger partial charge on any atom is -0.507 e. The van der Waals surface area contributed by atoms with Crippen molar-refractivity contribution < 1.29 is 5.11 Å². The van der Waals surface area contributed by atoms with Crippen LogP contribution in [0.25, 0.3) is 12.7 Å². The summed E-state index contributed by atoms with van der Waals surface area (Å²) in [6, 6.07) is 1.96. The Morgan fingerprint density at radius 2 is 2.23 bits per heavy atom. The maximum atomic E-state index is 9.66. The van der Waals surface area contributed by atoms with Gasteiger partial charge in [-0.3, -0.25) is 0 Å². The summed E-state index contributed by atoms with van der Waals surface area (Å²) >= 11 is 0. The van der Waals surface area contributed by atoms with Crippen LogP contribution in [0.4, 0.5) is 0 Å². The van der Waals surface area contributed by atoms with E-state index in [0.717, 1.165) is 22.4 Å². The second-order valence-electron chi connectivity index (χ2n) is 3.38. The van der Waals surface area contributed by atoms with Crippen LogP contribution < -0.4 is 10.4 Å². The molecule has 1 heteroatoms. The third-order valence-electron chi connectivity index (χ3n) is 2.49. The van der Waals surface area contributed by atoms with Crippen molar-refractivity contribution in [3.63, 3.8) is 0 Å². The van der Waals surface area contributed by atoms with Crippen LogP contribution in [-0.4, -0.2) is 5.11 Å². The van der Waals surface area contributed by atoms with Crippen molar-refractivity contribution >= 4 is 12.7 Å². The number of phenols is 1. The number of benzene rings is 1. The number of hydrogen-bond acceptors (Lipinski definition) is 1. The number of phenolic OH excluding ortho intramolecular Hbond substituents is 1. The topological polar surface area (TPSA) is 20.2 Å². The first kappa shape index (κ1) is 8.11. The molecule has 0 aromatic heterocycles. The highest BCUT2D eigenvalue weighted by Gasteiger charge is 2.05. The molecule has 2 rings (SSSR count). The largest absolute Gasteiger partial charge is 0.507 e. The molecule has 13 heavy (non-hydrogen) atoms. The Labute approximate surface area is 77.3 Å². The number of fused-ring (bicyclic) bond motifs is 1. The second kappa shape index (κ2) is 2.77. The first-order valence-electron chi connectivity index (χ1n) is 4.37. The van der Waals surface area contributed by atoms with Crippen LogP contribution in [0.2, 0.25) is 0 Å². The smallest absolute Gasteiger partial charge is 0.125 e. The Balaban J connectivity index is 2.90. The average molecular weight is 172 g/mol. The van der Waals surface area contributed by atoms with Gasteiger partial charge in [-0.25, -0.2) is 0 Å². The SMILES string of the molecule is C=c1cc2c(c(C)c1O)=CC=CC2. The summed E-state index contributed by atoms with van der Waals surface area (Å²) in [6.07, 6.45) is 7.11. The van der Waals surface area contributed by atoms with Gasteiger partial charge in [0.25, 0.3) is 0 Å². The molecule has 1 aromatic carbocycles. The lowest BCUT2D eigenvalue weighted by Crippen LogP contribution is -2.20. The summed E-state index contributed by atoms with van der Waals surface area (Å²) in [7, 11) is 0. The van der Waals surface area contributed by atoms with Gasteiger partial charge < -0.3 is 5.11 Å². The normalized spacial score (nSPS) is 13.6. The summed E-state index contributed by atoms with van der Waals surface area (Å²) in [6.45, 7) is 5.73. The quantitative estimate of drug-likeness (QED) is 0.619. The van der Waals surface area contributed by atoms with E-state index < -0.39 is 0 Å². The number of aromatic hydroxyl groups is 1. The van der Waals surface area contributed by atoms with Crippen molar-refractivity contribution in [1.29, 1.82) is 0 Å². The maximum Gasteiger partial charge on any atom is 0.125 e. The van der Waals surface area contributed by atoms with Crippen LogP contribution in [0.5, 0.6) is 5.75 Å². The molecular weight excluding hydrogens is 160 g/mol. The highest BCUT2D eigenvalue weighted by atomic mass is 16.3. The molecule has 0 amide bonds. The monoisotopic (exact) mass is 172 g/mol. The van der Waals surface area contributed by atoms with E-state index in [1.54, 1.807) is 0 Å². The molecule has 0 aliphatic heterocycles. The van der Waals surface area contributed by atoms with Gasteiger partial charge in [-0.2, -0.15) is 0 Å². The Bertz CT molecular complexity index is 481. The van der Waals surface area contributed by atoms with E-state index in [1.165, 1.54) is 5.56 Å². The lowest BCUT2D eigenvalue weighted by atomic mass is 9.99. The lowest BCUT2D eigenvalue weighted by Gasteiger charge is -2.08. The average Bonchev–Trinajstić information content (AvgIpc) is 2.15. The van der Waals surface area contributed by atoms with Crippen LogP contribution in [0.15, 0.2) is 18.2 Å². The summed E-state index contributed by atoms with van der Waals surface area (Å²) in [5.74, 6) is 0.324. The van der Waals surface area contributed by atoms with Crippen LogP contribution in [0, 0.1) is 6.92 Å². The van der Waals surface area contributed by atoms with Crippen LogP contribution in [0.1, 0.15) is 11.1 Å². The number of rotatable bonds is 0. The molecule has 0 atom stereocenters. The molecule has 1 nitrogen and oxygen atoms in total. The van der Waals surface area contributed by atoms with Gasteiger partial charge >= 0.3 is 0 Å². The second-order valence-corrected chi connectivity index (χ2v) is 3.38. The standard InChI is InChI=1S/C12H12O/c1-8-7-10-5-3-4-6-11(10)9(2)12(8)13/h3-4,6-7,13H,1,5H2,2H3. The highest BCUT2D eigenvalue weighted by molar-refractivity contribution is 5.51. The van der Waals surface area contributed by atoms with Gasteiger partial charge in [-0.05, 0) is 35.8 Å². The fourth-order valence-corrected chi connectivity index (χ4v) is 1.73. The highest BCUT2D eigenvalue weighted by Crippen LogP contribution is 2.08. The van der Waals surface area contributed by atoms with Gasteiger partial charge in [-0.15, -0.1) is 0 Å². The zero-order valence-electron chi connectivity index (χ0n) is 7.67. The number of hydrogen-bond donors (Lipinski definition) is 1. The minimum atomic E-state index is 0.324. The Hall–Kier alpha value is -1.50. The van der Waals surface area contributed by atoms with Crippen molar-refractivity contribution in [2.24, 2.45) is 0 Å². The van der Waals surface area contributed by atoms with Gasteiger partial charge in [0.05, 0.1) is 0 Å². The molecule has 0 bridgehead atoms. The minimum absolute atomic E-state index is 0.324. The van der Waals surface area contributed by atoms with Crippen LogP contribution in [-0.2, 0) is 6.42 Å². The van der Waals surface area contributed by atoms with Gasteiger partial charge in [-0.1, -0.05) is 24.8 Å². The van der Waals surface area contributed by atoms with Gasteiger partial charge in [0, 0.05) is 5.22 Å². The molecule has 0 saturated carbocycles. The fourth-order valence-electron chi connectivity index (χ4n) is 1.73.